The fraction of sp³-hybridized carbons (Fsp3) is 0.462. The molecule has 0 fully saturated rings. The van der Waals surface area contributed by atoms with E-state index in [1.807, 2.05) is 0 Å². The summed E-state index contributed by atoms with van der Waals surface area (Å²) in [5, 5.41) is 14.2. The van der Waals surface area contributed by atoms with Gasteiger partial charge in [0.1, 0.15) is 5.82 Å². The van der Waals surface area contributed by atoms with Crippen LogP contribution in [0.1, 0.15) is 31.9 Å². The highest BCUT2D eigenvalue weighted by Crippen LogP contribution is 2.20. The first kappa shape index (κ1) is 15.7. The van der Waals surface area contributed by atoms with Crippen molar-refractivity contribution in [3.05, 3.63) is 34.6 Å². The summed E-state index contributed by atoms with van der Waals surface area (Å²) in [6, 6.07) is 3.58. The van der Waals surface area contributed by atoms with Gasteiger partial charge in [-0.05, 0) is 38.0 Å². The minimum absolute atomic E-state index is 0.0184. The smallest absolute Gasteiger partial charge is 0.315 e. The normalized spacial score (nSPS) is 13.7. The van der Waals surface area contributed by atoms with Crippen LogP contribution in [0.3, 0.4) is 0 Å². The summed E-state index contributed by atoms with van der Waals surface area (Å²) >= 11 is 5.69. The van der Waals surface area contributed by atoms with Crippen LogP contribution in [0.25, 0.3) is 0 Å². The maximum absolute atomic E-state index is 13.0. The summed E-state index contributed by atoms with van der Waals surface area (Å²) < 4.78 is 13.0. The quantitative estimate of drug-likeness (QED) is 0.780. The molecular formula is C13H18ClFN2O2. The third kappa shape index (κ3) is 5.04. The second kappa shape index (κ2) is 7.31. The number of benzene rings is 1. The second-order valence-electron chi connectivity index (χ2n) is 4.43. The zero-order valence-corrected chi connectivity index (χ0v) is 11.7. The zero-order chi connectivity index (χ0) is 14.4. The lowest BCUT2D eigenvalue weighted by atomic mass is 10.1. The number of amides is 2. The van der Waals surface area contributed by atoms with Crippen LogP contribution in [0, 0.1) is 5.82 Å². The SMILES string of the molecule is CC(NC(=O)N[C@H](C)CCO)c1ccc(F)c(Cl)c1. The van der Waals surface area contributed by atoms with Crippen LogP contribution in [-0.2, 0) is 0 Å². The molecule has 0 aliphatic heterocycles. The molecule has 1 rings (SSSR count). The van der Waals surface area contributed by atoms with Gasteiger partial charge in [-0.15, -0.1) is 0 Å². The maximum atomic E-state index is 13.0. The molecule has 1 aromatic carbocycles. The van der Waals surface area contributed by atoms with Gasteiger partial charge in [0.05, 0.1) is 11.1 Å². The van der Waals surface area contributed by atoms with E-state index in [1.165, 1.54) is 12.1 Å². The van der Waals surface area contributed by atoms with Gasteiger partial charge in [0.2, 0.25) is 0 Å². The lowest BCUT2D eigenvalue weighted by Gasteiger charge is -2.18. The summed E-state index contributed by atoms with van der Waals surface area (Å²) in [5.41, 5.74) is 0.719. The van der Waals surface area contributed by atoms with Crippen molar-refractivity contribution in [2.24, 2.45) is 0 Å². The van der Waals surface area contributed by atoms with Crippen LogP contribution in [0.4, 0.5) is 9.18 Å². The van der Waals surface area contributed by atoms with Crippen LogP contribution in [-0.4, -0.2) is 23.8 Å². The Morgan fingerprint density at radius 2 is 2.11 bits per heavy atom. The van der Waals surface area contributed by atoms with Crippen LogP contribution in [0.2, 0.25) is 5.02 Å². The summed E-state index contributed by atoms with van der Waals surface area (Å²) in [7, 11) is 0. The number of rotatable bonds is 5. The van der Waals surface area contributed by atoms with Crippen molar-refractivity contribution in [3.8, 4) is 0 Å². The number of hydrogen-bond acceptors (Lipinski definition) is 2. The van der Waals surface area contributed by atoms with E-state index in [9.17, 15) is 9.18 Å². The molecule has 3 N–H and O–H groups in total. The molecule has 1 aromatic rings. The van der Waals surface area contributed by atoms with Crippen molar-refractivity contribution >= 4 is 17.6 Å². The Labute approximate surface area is 117 Å². The number of aliphatic hydroxyl groups excluding tert-OH is 1. The molecule has 0 aliphatic rings. The molecule has 6 heteroatoms. The largest absolute Gasteiger partial charge is 0.396 e. The molecule has 19 heavy (non-hydrogen) atoms. The molecule has 0 heterocycles. The average molecular weight is 289 g/mol. The predicted octanol–water partition coefficient (Wildman–Crippen LogP) is 2.61. The summed E-state index contributed by atoms with van der Waals surface area (Å²) in [4.78, 5) is 11.7. The third-order valence-corrected chi connectivity index (χ3v) is 3.02. The van der Waals surface area contributed by atoms with Crippen molar-refractivity contribution in [3.63, 3.8) is 0 Å². The molecule has 0 bridgehead atoms. The molecule has 0 aromatic heterocycles. The molecule has 0 saturated carbocycles. The number of aliphatic hydroxyl groups is 1. The van der Waals surface area contributed by atoms with Crippen LogP contribution >= 0.6 is 11.6 Å². The van der Waals surface area contributed by atoms with Crippen molar-refractivity contribution < 1.29 is 14.3 Å². The summed E-state index contributed by atoms with van der Waals surface area (Å²) in [6.45, 7) is 3.60. The number of carbonyl (C=O) groups is 1. The standard InChI is InChI=1S/C13H18ClFN2O2/c1-8(5-6-18)16-13(19)17-9(2)10-3-4-12(15)11(14)7-10/h3-4,7-9,18H,5-6H2,1-2H3,(H2,16,17,19)/t8-,9?/m1/s1. The first-order valence-corrected chi connectivity index (χ1v) is 6.44. The minimum atomic E-state index is -0.487. The van der Waals surface area contributed by atoms with Gasteiger partial charge < -0.3 is 15.7 Å². The predicted molar refractivity (Wildman–Crippen MR) is 72.7 cm³/mol. The number of hydrogen-bond donors (Lipinski definition) is 3. The molecule has 0 spiro atoms. The molecule has 4 nitrogen and oxygen atoms in total. The van der Waals surface area contributed by atoms with Gasteiger partial charge in [-0.2, -0.15) is 0 Å². The molecule has 2 atom stereocenters. The molecule has 0 aliphatic carbocycles. The fourth-order valence-electron chi connectivity index (χ4n) is 1.59. The highest BCUT2D eigenvalue weighted by atomic mass is 35.5. The van der Waals surface area contributed by atoms with Gasteiger partial charge in [0.25, 0.3) is 0 Å². The minimum Gasteiger partial charge on any atom is -0.396 e. The van der Waals surface area contributed by atoms with Crippen LogP contribution < -0.4 is 10.6 Å². The number of nitrogens with one attached hydrogen (secondary N) is 2. The molecule has 0 saturated heterocycles. The van der Waals surface area contributed by atoms with E-state index in [0.717, 1.165) is 5.56 Å². The van der Waals surface area contributed by atoms with Crippen molar-refractivity contribution in [1.82, 2.24) is 10.6 Å². The summed E-state index contributed by atoms with van der Waals surface area (Å²) in [5.74, 6) is -0.487. The second-order valence-corrected chi connectivity index (χ2v) is 4.83. The molecule has 1 unspecified atom stereocenters. The molecule has 0 radical (unpaired) electrons. The zero-order valence-electron chi connectivity index (χ0n) is 10.9. The summed E-state index contributed by atoms with van der Waals surface area (Å²) in [6.07, 6.45) is 0.490. The highest BCUT2D eigenvalue weighted by Gasteiger charge is 2.12. The van der Waals surface area contributed by atoms with Gasteiger partial charge >= 0.3 is 6.03 Å². The topological polar surface area (TPSA) is 61.4 Å². The van der Waals surface area contributed by atoms with Gasteiger partial charge in [0, 0.05) is 12.6 Å². The van der Waals surface area contributed by atoms with E-state index in [4.69, 9.17) is 16.7 Å². The van der Waals surface area contributed by atoms with Gasteiger partial charge in [-0.1, -0.05) is 17.7 Å². The number of urea groups is 1. The Hall–Kier alpha value is -1.33. The third-order valence-electron chi connectivity index (χ3n) is 2.73. The fourth-order valence-corrected chi connectivity index (χ4v) is 1.78. The number of carbonyl (C=O) groups excluding carboxylic acids is 1. The Balaban J connectivity index is 2.56. The van der Waals surface area contributed by atoms with Crippen molar-refractivity contribution in [2.75, 3.05) is 6.61 Å². The average Bonchev–Trinajstić information content (AvgIpc) is 2.32. The van der Waals surface area contributed by atoms with Gasteiger partial charge in [-0.25, -0.2) is 9.18 Å². The number of halogens is 2. The highest BCUT2D eigenvalue weighted by molar-refractivity contribution is 6.30. The lowest BCUT2D eigenvalue weighted by molar-refractivity contribution is 0.228. The Morgan fingerprint density at radius 1 is 1.42 bits per heavy atom. The van der Waals surface area contributed by atoms with E-state index in [1.54, 1.807) is 19.9 Å². The van der Waals surface area contributed by atoms with E-state index in [-0.39, 0.29) is 29.7 Å². The van der Waals surface area contributed by atoms with Crippen LogP contribution in [0.15, 0.2) is 18.2 Å². The van der Waals surface area contributed by atoms with E-state index in [0.29, 0.717) is 6.42 Å². The van der Waals surface area contributed by atoms with Crippen LogP contribution in [0.5, 0.6) is 0 Å². The maximum Gasteiger partial charge on any atom is 0.315 e. The Bertz CT molecular complexity index is 443. The van der Waals surface area contributed by atoms with E-state index >= 15 is 0 Å². The van der Waals surface area contributed by atoms with Gasteiger partial charge in [0.15, 0.2) is 0 Å². The van der Waals surface area contributed by atoms with E-state index < -0.39 is 5.82 Å². The first-order valence-electron chi connectivity index (χ1n) is 6.07. The van der Waals surface area contributed by atoms with Crippen molar-refractivity contribution in [1.29, 1.82) is 0 Å². The van der Waals surface area contributed by atoms with Gasteiger partial charge in [-0.3, -0.25) is 0 Å². The molecule has 106 valence electrons. The molecular weight excluding hydrogens is 271 g/mol. The van der Waals surface area contributed by atoms with E-state index in [2.05, 4.69) is 10.6 Å². The monoisotopic (exact) mass is 288 g/mol. The Kier molecular flexibility index (Phi) is 6.05. The Morgan fingerprint density at radius 3 is 2.68 bits per heavy atom. The lowest BCUT2D eigenvalue weighted by Crippen LogP contribution is -2.42. The first-order chi connectivity index (χ1) is 8.93. The molecule has 2 amide bonds. The van der Waals surface area contributed by atoms with Crippen molar-refractivity contribution in [2.45, 2.75) is 32.4 Å².